The molecule has 0 fully saturated rings. The molecule has 0 aromatic heterocycles. The van der Waals surface area contributed by atoms with Gasteiger partial charge >= 0.3 is 0 Å². The molecule has 1 unspecified atom stereocenters. The number of nitrogens with one attached hydrogen (secondary N) is 1. The second-order valence-electron chi connectivity index (χ2n) is 7.92. The molecule has 0 saturated carbocycles. The summed E-state index contributed by atoms with van der Waals surface area (Å²) in [5, 5.41) is 2.92. The maximum atomic E-state index is 13.5. The molecule has 3 aromatic rings. The molecule has 4 rings (SSSR count). The predicted molar refractivity (Wildman–Crippen MR) is 123 cm³/mol. The molecular weight excluding hydrogens is 424 g/mol. The Bertz CT molecular complexity index is 1220. The van der Waals surface area contributed by atoms with Crippen molar-refractivity contribution >= 4 is 15.9 Å². The summed E-state index contributed by atoms with van der Waals surface area (Å²) in [6.45, 7) is 2.32. The second kappa shape index (κ2) is 9.14. The number of rotatable bonds is 6. The lowest BCUT2D eigenvalue weighted by Gasteiger charge is -2.35. The number of sulfonamides is 1. The first-order chi connectivity index (χ1) is 15.4. The summed E-state index contributed by atoms with van der Waals surface area (Å²) in [5.74, 6) is 0.422. The monoisotopic (exact) mass is 450 g/mol. The van der Waals surface area contributed by atoms with Crippen LogP contribution in [0, 0.1) is 6.92 Å². The van der Waals surface area contributed by atoms with Crippen molar-refractivity contribution in [2.45, 2.75) is 37.4 Å². The van der Waals surface area contributed by atoms with Crippen molar-refractivity contribution in [2.75, 3.05) is 7.11 Å². The van der Waals surface area contributed by atoms with Gasteiger partial charge in [0.15, 0.2) is 0 Å². The maximum absolute atomic E-state index is 13.5. The fourth-order valence-electron chi connectivity index (χ4n) is 3.94. The highest BCUT2D eigenvalue weighted by molar-refractivity contribution is 7.89. The zero-order chi connectivity index (χ0) is 22.7. The number of fused-ring (bicyclic) bond motifs is 1. The van der Waals surface area contributed by atoms with Crippen LogP contribution < -0.4 is 10.1 Å². The Labute approximate surface area is 188 Å². The summed E-state index contributed by atoms with van der Waals surface area (Å²) in [7, 11) is -2.26. The molecule has 3 aromatic carbocycles. The van der Waals surface area contributed by atoms with Gasteiger partial charge in [0.2, 0.25) is 15.9 Å². The Kier molecular flexibility index (Phi) is 6.30. The minimum absolute atomic E-state index is 0.160. The number of hydrogen-bond acceptors (Lipinski definition) is 4. The molecule has 0 spiro atoms. The Morgan fingerprint density at radius 3 is 2.44 bits per heavy atom. The molecule has 1 heterocycles. The fourth-order valence-corrected chi connectivity index (χ4v) is 5.61. The van der Waals surface area contributed by atoms with E-state index in [9.17, 15) is 13.2 Å². The van der Waals surface area contributed by atoms with Gasteiger partial charge in [0.1, 0.15) is 11.8 Å². The number of nitrogens with zero attached hydrogens (tertiary/aromatic N) is 1. The van der Waals surface area contributed by atoms with Gasteiger partial charge in [0, 0.05) is 13.1 Å². The number of carbonyl (C=O) groups is 1. The number of amides is 1. The van der Waals surface area contributed by atoms with Crippen LogP contribution in [0.15, 0.2) is 77.7 Å². The first-order valence-electron chi connectivity index (χ1n) is 10.4. The molecule has 6 nitrogen and oxygen atoms in total. The third-order valence-electron chi connectivity index (χ3n) is 5.73. The zero-order valence-electron chi connectivity index (χ0n) is 18.1. The number of aryl methyl sites for hydroxylation is 1. The van der Waals surface area contributed by atoms with Crippen LogP contribution >= 0.6 is 0 Å². The Morgan fingerprint density at radius 2 is 1.75 bits per heavy atom. The molecule has 32 heavy (non-hydrogen) atoms. The maximum Gasteiger partial charge on any atom is 0.244 e. The number of carbonyl (C=O) groups excluding carboxylic acids is 1. The highest BCUT2D eigenvalue weighted by atomic mass is 32.2. The van der Waals surface area contributed by atoms with Gasteiger partial charge in [0.25, 0.3) is 0 Å². The van der Waals surface area contributed by atoms with Gasteiger partial charge in [-0.2, -0.15) is 4.31 Å². The van der Waals surface area contributed by atoms with Gasteiger partial charge in [-0.3, -0.25) is 4.79 Å². The molecule has 0 saturated heterocycles. The first-order valence-corrected chi connectivity index (χ1v) is 11.9. The van der Waals surface area contributed by atoms with Gasteiger partial charge in [-0.25, -0.2) is 8.42 Å². The first kappa shape index (κ1) is 22.0. The molecule has 1 amide bonds. The van der Waals surface area contributed by atoms with Gasteiger partial charge in [-0.1, -0.05) is 48.5 Å². The Morgan fingerprint density at radius 1 is 1.03 bits per heavy atom. The normalized spacial score (nSPS) is 16.2. The van der Waals surface area contributed by atoms with E-state index in [0.29, 0.717) is 13.0 Å². The quantitative estimate of drug-likeness (QED) is 0.624. The number of ether oxygens (including phenoxy) is 1. The van der Waals surface area contributed by atoms with Crippen LogP contribution in [0.25, 0.3) is 0 Å². The van der Waals surface area contributed by atoms with Crippen molar-refractivity contribution in [1.29, 1.82) is 0 Å². The van der Waals surface area contributed by atoms with E-state index >= 15 is 0 Å². The lowest BCUT2D eigenvalue weighted by Crippen LogP contribution is -2.52. The average molecular weight is 451 g/mol. The van der Waals surface area contributed by atoms with Crippen LogP contribution in [0.3, 0.4) is 0 Å². The molecular formula is C25H26N2O4S. The van der Waals surface area contributed by atoms with Crippen molar-refractivity contribution in [3.05, 3.63) is 95.1 Å². The van der Waals surface area contributed by atoms with Crippen LogP contribution in [0.1, 0.15) is 22.3 Å². The summed E-state index contributed by atoms with van der Waals surface area (Å²) >= 11 is 0. The lowest BCUT2D eigenvalue weighted by molar-refractivity contribution is -0.125. The van der Waals surface area contributed by atoms with Crippen molar-refractivity contribution in [3.8, 4) is 5.75 Å². The molecule has 1 N–H and O–H groups in total. The van der Waals surface area contributed by atoms with Gasteiger partial charge in [-0.15, -0.1) is 0 Å². The summed E-state index contributed by atoms with van der Waals surface area (Å²) < 4.78 is 33.6. The Hall–Kier alpha value is -3.16. The van der Waals surface area contributed by atoms with Crippen LogP contribution in [-0.2, 0) is 34.3 Å². The minimum Gasteiger partial charge on any atom is -0.497 e. The number of methoxy groups -OCH3 is 1. The Balaban J connectivity index is 1.61. The summed E-state index contributed by atoms with van der Waals surface area (Å²) in [4.78, 5) is 13.4. The number of hydrogen-bond donors (Lipinski definition) is 1. The third-order valence-corrected chi connectivity index (χ3v) is 7.58. The molecule has 0 aliphatic carbocycles. The third kappa shape index (κ3) is 4.54. The topological polar surface area (TPSA) is 75.7 Å². The van der Waals surface area contributed by atoms with Crippen molar-refractivity contribution < 1.29 is 17.9 Å². The molecule has 166 valence electrons. The van der Waals surface area contributed by atoms with Crippen LogP contribution in [0.5, 0.6) is 5.75 Å². The lowest BCUT2D eigenvalue weighted by atomic mass is 9.95. The van der Waals surface area contributed by atoms with Crippen LogP contribution in [-0.4, -0.2) is 31.8 Å². The minimum atomic E-state index is -3.86. The molecule has 0 bridgehead atoms. The molecule has 1 atom stereocenters. The molecule has 7 heteroatoms. The summed E-state index contributed by atoms with van der Waals surface area (Å²) in [5.41, 5.74) is 3.67. The SMILES string of the molecule is COc1ccc(CNC(=O)C2Cc3ccccc3CN2S(=O)(=O)c2cccc(C)c2)cc1. The highest BCUT2D eigenvalue weighted by Gasteiger charge is 2.39. The fraction of sp³-hybridized carbons (Fsp3) is 0.240. The van der Waals surface area contributed by atoms with E-state index in [0.717, 1.165) is 28.0 Å². The average Bonchev–Trinajstić information content (AvgIpc) is 2.82. The number of benzene rings is 3. The predicted octanol–water partition coefficient (Wildman–Crippen LogP) is 3.44. The van der Waals surface area contributed by atoms with E-state index in [4.69, 9.17) is 4.74 Å². The van der Waals surface area contributed by atoms with E-state index in [-0.39, 0.29) is 17.3 Å². The van der Waals surface area contributed by atoms with Crippen LogP contribution in [0.2, 0.25) is 0 Å². The molecule has 1 aliphatic rings. The van der Waals surface area contributed by atoms with Crippen molar-refractivity contribution in [1.82, 2.24) is 9.62 Å². The van der Waals surface area contributed by atoms with Crippen molar-refractivity contribution in [3.63, 3.8) is 0 Å². The van der Waals surface area contributed by atoms with Crippen LogP contribution in [0.4, 0.5) is 0 Å². The largest absolute Gasteiger partial charge is 0.497 e. The van der Waals surface area contributed by atoms with Crippen molar-refractivity contribution in [2.24, 2.45) is 0 Å². The second-order valence-corrected chi connectivity index (χ2v) is 9.81. The standard InChI is InChI=1S/C25H26N2O4S/c1-18-6-5-9-23(14-18)32(29,30)27-17-21-8-4-3-7-20(21)15-24(27)25(28)26-16-19-10-12-22(31-2)13-11-19/h3-14,24H,15-17H2,1-2H3,(H,26,28). The van der Waals surface area contributed by atoms with E-state index in [2.05, 4.69) is 5.32 Å². The van der Waals surface area contributed by atoms with E-state index in [1.165, 1.54) is 4.31 Å². The van der Waals surface area contributed by atoms with Gasteiger partial charge in [0.05, 0.1) is 12.0 Å². The summed E-state index contributed by atoms with van der Waals surface area (Å²) in [6, 6.07) is 21.0. The van der Waals surface area contributed by atoms with Gasteiger partial charge in [-0.05, 0) is 59.9 Å². The van der Waals surface area contributed by atoms with E-state index in [1.54, 1.807) is 25.3 Å². The van der Waals surface area contributed by atoms with Gasteiger partial charge < -0.3 is 10.1 Å². The van der Waals surface area contributed by atoms with E-state index in [1.807, 2.05) is 61.5 Å². The highest BCUT2D eigenvalue weighted by Crippen LogP contribution is 2.29. The van der Waals surface area contributed by atoms with E-state index < -0.39 is 16.1 Å². The molecule has 0 radical (unpaired) electrons. The smallest absolute Gasteiger partial charge is 0.244 e. The summed E-state index contributed by atoms with van der Waals surface area (Å²) in [6.07, 6.45) is 0.329. The molecule has 1 aliphatic heterocycles. The zero-order valence-corrected chi connectivity index (χ0v) is 18.9.